The molecular weight excluding hydrogens is 384 g/mol. The van der Waals surface area contributed by atoms with Crippen LogP contribution in [0.4, 0.5) is 0 Å². The Morgan fingerprint density at radius 3 is 2.43 bits per heavy atom. The van der Waals surface area contributed by atoms with Crippen molar-refractivity contribution >= 4 is 11.9 Å². The predicted octanol–water partition coefficient (Wildman–Crippen LogP) is 3.00. The number of aliphatic hydroxyl groups excluding tert-OH is 2. The van der Waals surface area contributed by atoms with E-state index in [4.69, 9.17) is 9.47 Å². The first kappa shape index (κ1) is 21.8. The second-order valence-corrected chi connectivity index (χ2v) is 10.9. The molecular formula is C24H36O6. The number of hydrogen-bond acceptors (Lipinski definition) is 6. The Kier molecular flexibility index (Phi) is 5.13. The zero-order valence-electron chi connectivity index (χ0n) is 18.6. The van der Waals surface area contributed by atoms with Gasteiger partial charge in [0.05, 0.1) is 12.2 Å². The number of hydrogen-bond donors (Lipinski definition) is 2. The molecule has 0 unspecified atom stereocenters. The molecule has 0 aliphatic heterocycles. The molecule has 2 bridgehead atoms. The Balaban J connectivity index is 1.73. The van der Waals surface area contributed by atoms with E-state index >= 15 is 0 Å². The minimum Gasteiger partial charge on any atom is -0.465 e. The Morgan fingerprint density at radius 1 is 1.10 bits per heavy atom. The Hall–Kier alpha value is -1.40. The lowest BCUT2D eigenvalue weighted by molar-refractivity contribution is -0.227. The quantitative estimate of drug-likeness (QED) is 0.539. The molecule has 4 saturated carbocycles. The molecule has 9 atom stereocenters. The summed E-state index contributed by atoms with van der Waals surface area (Å²) in [5.74, 6) is -0.359. The SMILES string of the molecule is C=C1[C@H]2C[C@@]3(CC[C@@H]4[C@](C)(COC(C)=O)[C@H](OC(C)=O)CC[C@@]4(C)[C@@H]3C[C@@H]2O)[C@@H]1O. The van der Waals surface area contributed by atoms with Gasteiger partial charge in [-0.25, -0.2) is 0 Å². The summed E-state index contributed by atoms with van der Waals surface area (Å²) in [5, 5.41) is 22.1. The maximum absolute atomic E-state index is 11.8. The minimum absolute atomic E-state index is 0.0128. The fourth-order valence-electron chi connectivity index (χ4n) is 8.18. The summed E-state index contributed by atoms with van der Waals surface area (Å²) < 4.78 is 11.2. The van der Waals surface area contributed by atoms with Crippen LogP contribution in [0.15, 0.2) is 12.2 Å². The van der Waals surface area contributed by atoms with Crippen molar-refractivity contribution in [2.75, 3.05) is 6.61 Å². The molecule has 1 spiro atoms. The van der Waals surface area contributed by atoms with Crippen LogP contribution in [0.25, 0.3) is 0 Å². The van der Waals surface area contributed by atoms with Gasteiger partial charge in [0.1, 0.15) is 12.7 Å². The Bertz CT molecular complexity index is 763. The van der Waals surface area contributed by atoms with Crippen molar-refractivity contribution in [3.8, 4) is 0 Å². The molecule has 4 aliphatic carbocycles. The minimum atomic E-state index is -0.576. The van der Waals surface area contributed by atoms with Crippen molar-refractivity contribution in [3.63, 3.8) is 0 Å². The van der Waals surface area contributed by atoms with Gasteiger partial charge in [-0.05, 0) is 61.3 Å². The number of aliphatic hydroxyl groups is 2. The highest BCUT2D eigenvalue weighted by atomic mass is 16.6. The van der Waals surface area contributed by atoms with Crippen molar-refractivity contribution in [1.29, 1.82) is 0 Å². The lowest BCUT2D eigenvalue weighted by atomic mass is 9.40. The van der Waals surface area contributed by atoms with Crippen LogP contribution < -0.4 is 0 Å². The van der Waals surface area contributed by atoms with E-state index in [0.29, 0.717) is 12.8 Å². The Labute approximate surface area is 179 Å². The van der Waals surface area contributed by atoms with Gasteiger partial charge in [0, 0.05) is 30.6 Å². The lowest BCUT2D eigenvalue weighted by Gasteiger charge is -2.65. The predicted molar refractivity (Wildman–Crippen MR) is 110 cm³/mol. The van der Waals surface area contributed by atoms with E-state index in [1.807, 2.05) is 0 Å². The van der Waals surface area contributed by atoms with E-state index in [0.717, 1.165) is 31.3 Å². The average molecular weight is 421 g/mol. The van der Waals surface area contributed by atoms with Crippen molar-refractivity contribution in [1.82, 2.24) is 0 Å². The zero-order chi connectivity index (χ0) is 22.1. The van der Waals surface area contributed by atoms with E-state index in [9.17, 15) is 19.8 Å². The molecule has 6 nitrogen and oxygen atoms in total. The number of carbonyl (C=O) groups excluding carboxylic acids is 2. The van der Waals surface area contributed by atoms with Crippen LogP contribution in [0, 0.1) is 34.0 Å². The largest absolute Gasteiger partial charge is 0.465 e. The van der Waals surface area contributed by atoms with E-state index < -0.39 is 17.6 Å². The van der Waals surface area contributed by atoms with Gasteiger partial charge in [0.2, 0.25) is 0 Å². The summed E-state index contributed by atoms with van der Waals surface area (Å²) in [6.45, 7) is 11.5. The molecule has 4 fully saturated rings. The summed E-state index contributed by atoms with van der Waals surface area (Å²) in [6, 6.07) is 0. The fourth-order valence-corrected chi connectivity index (χ4v) is 8.18. The number of ether oxygens (including phenoxy) is 2. The molecule has 4 rings (SSSR count). The number of fused-ring (bicyclic) bond motifs is 3. The van der Waals surface area contributed by atoms with Gasteiger partial charge in [-0.2, -0.15) is 0 Å². The number of carbonyl (C=O) groups is 2. The average Bonchev–Trinajstić information content (AvgIpc) is 2.87. The van der Waals surface area contributed by atoms with Crippen molar-refractivity contribution in [2.45, 2.75) is 84.5 Å². The smallest absolute Gasteiger partial charge is 0.302 e. The van der Waals surface area contributed by atoms with E-state index in [1.54, 1.807) is 0 Å². The molecule has 30 heavy (non-hydrogen) atoms. The van der Waals surface area contributed by atoms with Gasteiger partial charge in [0.25, 0.3) is 0 Å². The third-order valence-corrected chi connectivity index (χ3v) is 9.47. The normalized spacial score (nSPS) is 49.7. The zero-order valence-corrected chi connectivity index (χ0v) is 18.6. The van der Waals surface area contributed by atoms with E-state index in [2.05, 4.69) is 20.4 Å². The van der Waals surface area contributed by atoms with Crippen LogP contribution in [0.3, 0.4) is 0 Å². The van der Waals surface area contributed by atoms with E-state index in [-0.39, 0.29) is 53.2 Å². The summed E-state index contributed by atoms with van der Waals surface area (Å²) in [7, 11) is 0. The van der Waals surface area contributed by atoms with Gasteiger partial charge in [-0.3, -0.25) is 9.59 Å². The van der Waals surface area contributed by atoms with E-state index in [1.165, 1.54) is 13.8 Å². The highest BCUT2D eigenvalue weighted by Gasteiger charge is 2.69. The molecule has 2 N–H and O–H groups in total. The van der Waals surface area contributed by atoms with Crippen LogP contribution in [0.2, 0.25) is 0 Å². The first-order chi connectivity index (χ1) is 14.0. The summed E-state index contributed by atoms with van der Waals surface area (Å²) >= 11 is 0. The van der Waals surface area contributed by atoms with Gasteiger partial charge in [0.15, 0.2) is 0 Å². The lowest BCUT2D eigenvalue weighted by Crippen LogP contribution is -2.64. The van der Waals surface area contributed by atoms with Gasteiger partial charge in [-0.15, -0.1) is 0 Å². The number of esters is 2. The van der Waals surface area contributed by atoms with Gasteiger partial charge in [-0.1, -0.05) is 20.4 Å². The maximum atomic E-state index is 11.8. The van der Waals surface area contributed by atoms with Gasteiger partial charge >= 0.3 is 11.9 Å². The third-order valence-electron chi connectivity index (χ3n) is 9.47. The summed E-state index contributed by atoms with van der Waals surface area (Å²) in [5.41, 5.74) is -0.0956. The molecule has 0 amide bonds. The second kappa shape index (κ2) is 7.06. The molecule has 4 aliphatic rings. The number of rotatable bonds is 3. The summed E-state index contributed by atoms with van der Waals surface area (Å²) in [6.07, 6.45) is 3.36. The standard InChI is InChI=1S/C24H36O6/c1-13-16-11-24(21(13)28)9-6-18-22(4,19(24)10-17(16)27)8-7-20(30-15(3)26)23(18,5)12-29-14(2)25/h16-21,27-28H,1,6-12H2,2-5H3/t16-,17+,18+,19+,20-,21-,22-,23+,24-/m1/s1. The van der Waals surface area contributed by atoms with Crippen LogP contribution in [-0.4, -0.2) is 47.1 Å². The van der Waals surface area contributed by atoms with Crippen molar-refractivity contribution in [2.24, 2.45) is 34.0 Å². The summed E-state index contributed by atoms with van der Waals surface area (Å²) in [4.78, 5) is 23.5. The first-order valence-corrected chi connectivity index (χ1v) is 11.3. The highest BCUT2D eigenvalue weighted by molar-refractivity contribution is 5.66. The molecule has 0 saturated heterocycles. The second-order valence-electron chi connectivity index (χ2n) is 10.9. The van der Waals surface area contributed by atoms with Crippen LogP contribution in [0.1, 0.15) is 66.2 Å². The molecule has 0 aromatic rings. The van der Waals surface area contributed by atoms with Gasteiger partial charge < -0.3 is 19.7 Å². The van der Waals surface area contributed by atoms with Crippen LogP contribution >= 0.6 is 0 Å². The highest BCUT2D eigenvalue weighted by Crippen LogP contribution is 2.72. The molecule has 0 radical (unpaired) electrons. The monoisotopic (exact) mass is 420 g/mol. The van der Waals surface area contributed by atoms with Crippen molar-refractivity contribution in [3.05, 3.63) is 12.2 Å². The topological polar surface area (TPSA) is 93.1 Å². The van der Waals surface area contributed by atoms with Crippen LogP contribution in [0.5, 0.6) is 0 Å². The molecule has 6 heteroatoms. The first-order valence-electron chi connectivity index (χ1n) is 11.3. The Morgan fingerprint density at radius 2 is 1.80 bits per heavy atom. The van der Waals surface area contributed by atoms with Crippen LogP contribution in [-0.2, 0) is 19.1 Å². The molecule has 0 aromatic carbocycles. The molecule has 0 aromatic heterocycles. The fraction of sp³-hybridized carbons (Fsp3) is 0.833. The maximum Gasteiger partial charge on any atom is 0.302 e. The molecule has 168 valence electrons. The van der Waals surface area contributed by atoms with Crippen molar-refractivity contribution < 1.29 is 29.3 Å². The third kappa shape index (κ3) is 2.89. The molecule has 0 heterocycles.